The van der Waals surface area contributed by atoms with E-state index in [0.717, 1.165) is 6.42 Å². The molecule has 1 heteroatoms. The molecule has 0 amide bonds. The summed E-state index contributed by atoms with van der Waals surface area (Å²) in [7, 11) is 0. The Bertz CT molecular complexity index is 445. The van der Waals surface area contributed by atoms with E-state index in [-0.39, 0.29) is 5.41 Å². The molecule has 1 aromatic rings. The zero-order valence-electron chi connectivity index (χ0n) is 8.28. The highest BCUT2D eigenvalue weighted by atomic mass is 127. The second kappa shape index (κ2) is 4.24. The van der Waals surface area contributed by atoms with Gasteiger partial charge in [-0.3, -0.25) is 0 Å². The van der Waals surface area contributed by atoms with Gasteiger partial charge >= 0.3 is 0 Å². The maximum Gasteiger partial charge on any atom is 0.0777 e. The quantitative estimate of drug-likeness (QED) is 0.548. The minimum absolute atomic E-state index is 0.237. The summed E-state index contributed by atoms with van der Waals surface area (Å²) in [4.78, 5) is 0. The number of hydrogen-bond acceptors (Lipinski definition) is 0. The highest BCUT2D eigenvalue weighted by molar-refractivity contribution is 14.1. The molecule has 0 saturated heterocycles. The van der Waals surface area contributed by atoms with Crippen molar-refractivity contribution in [3.63, 3.8) is 0 Å². The monoisotopic (exact) mass is 306 g/mol. The summed E-state index contributed by atoms with van der Waals surface area (Å²) in [5.74, 6) is 2.91. The highest BCUT2D eigenvalue weighted by Gasteiger charge is 2.26. The summed E-state index contributed by atoms with van der Waals surface area (Å²) in [5, 5.41) is 0. The Labute approximate surface area is 104 Å². The maximum atomic E-state index is 5.67. The molecule has 1 atom stereocenters. The number of allylic oxidation sites excluding steroid dienone is 4. The summed E-state index contributed by atoms with van der Waals surface area (Å²) in [6.07, 6.45) is 14.9. The van der Waals surface area contributed by atoms with E-state index in [1.165, 1.54) is 9.13 Å². The zero-order valence-corrected chi connectivity index (χ0v) is 10.4. The SMILES string of the molecule is C#CC1(c2ccc(I)cc2)C=CC=CC1. The maximum absolute atomic E-state index is 5.67. The number of rotatable bonds is 1. The molecule has 0 radical (unpaired) electrons. The predicted molar refractivity (Wildman–Crippen MR) is 72.6 cm³/mol. The fourth-order valence-corrected chi connectivity index (χ4v) is 2.13. The minimum atomic E-state index is -0.237. The molecule has 0 nitrogen and oxygen atoms in total. The molecule has 0 heterocycles. The Morgan fingerprint density at radius 2 is 1.93 bits per heavy atom. The van der Waals surface area contributed by atoms with E-state index in [9.17, 15) is 0 Å². The van der Waals surface area contributed by atoms with Crippen molar-refractivity contribution in [2.45, 2.75) is 11.8 Å². The van der Waals surface area contributed by atoms with E-state index in [2.05, 4.69) is 64.9 Å². The lowest BCUT2D eigenvalue weighted by Crippen LogP contribution is -2.21. The zero-order chi connectivity index (χ0) is 10.7. The Morgan fingerprint density at radius 3 is 2.47 bits per heavy atom. The molecule has 0 aromatic heterocycles. The number of hydrogen-bond donors (Lipinski definition) is 0. The summed E-state index contributed by atoms with van der Waals surface area (Å²) in [6, 6.07) is 8.43. The molecule has 1 unspecified atom stereocenters. The molecule has 1 aromatic carbocycles. The Morgan fingerprint density at radius 1 is 1.20 bits per heavy atom. The van der Waals surface area contributed by atoms with Gasteiger partial charge in [-0.05, 0) is 46.7 Å². The van der Waals surface area contributed by atoms with Crippen molar-refractivity contribution in [2.24, 2.45) is 0 Å². The van der Waals surface area contributed by atoms with E-state index in [1.54, 1.807) is 0 Å². The van der Waals surface area contributed by atoms with Crippen molar-refractivity contribution in [3.05, 3.63) is 57.7 Å². The molecule has 0 N–H and O–H groups in total. The molecule has 1 aliphatic carbocycles. The average molecular weight is 306 g/mol. The fraction of sp³-hybridized carbons (Fsp3) is 0.143. The lowest BCUT2D eigenvalue weighted by molar-refractivity contribution is 0.702. The second-order valence-corrected chi connectivity index (χ2v) is 4.86. The third-order valence-electron chi connectivity index (χ3n) is 2.68. The van der Waals surface area contributed by atoms with Crippen LogP contribution in [-0.2, 0) is 5.41 Å². The average Bonchev–Trinajstić information content (AvgIpc) is 2.31. The van der Waals surface area contributed by atoms with Crippen LogP contribution in [0.3, 0.4) is 0 Å². The van der Waals surface area contributed by atoms with Crippen molar-refractivity contribution in [1.82, 2.24) is 0 Å². The number of terminal acetylenes is 1. The largest absolute Gasteiger partial charge is 0.119 e. The van der Waals surface area contributed by atoms with E-state index >= 15 is 0 Å². The van der Waals surface area contributed by atoms with Crippen molar-refractivity contribution in [1.29, 1.82) is 0 Å². The Kier molecular flexibility index (Phi) is 2.97. The molecule has 0 bridgehead atoms. The summed E-state index contributed by atoms with van der Waals surface area (Å²) < 4.78 is 1.24. The lowest BCUT2D eigenvalue weighted by Gasteiger charge is -2.25. The van der Waals surface area contributed by atoms with Gasteiger partial charge < -0.3 is 0 Å². The van der Waals surface area contributed by atoms with E-state index in [4.69, 9.17) is 6.42 Å². The summed E-state index contributed by atoms with van der Waals surface area (Å²) in [6.45, 7) is 0. The van der Waals surface area contributed by atoms with Crippen molar-refractivity contribution in [3.8, 4) is 12.3 Å². The van der Waals surface area contributed by atoms with Crippen molar-refractivity contribution in [2.75, 3.05) is 0 Å². The third kappa shape index (κ3) is 2.00. The van der Waals surface area contributed by atoms with Gasteiger partial charge in [-0.15, -0.1) is 6.42 Å². The highest BCUT2D eigenvalue weighted by Crippen LogP contribution is 2.32. The molecule has 0 aliphatic heterocycles. The standard InChI is InChI=1S/C14H11I/c1-2-14(10-4-3-5-11-14)12-6-8-13(15)9-7-12/h1,3-10H,11H2. The van der Waals surface area contributed by atoms with Crippen LogP contribution in [0.25, 0.3) is 0 Å². The smallest absolute Gasteiger partial charge is 0.0777 e. The second-order valence-electron chi connectivity index (χ2n) is 3.61. The molecular formula is C14H11I. The molecule has 74 valence electrons. The van der Waals surface area contributed by atoms with Gasteiger partial charge in [-0.25, -0.2) is 0 Å². The van der Waals surface area contributed by atoms with Crippen LogP contribution < -0.4 is 0 Å². The van der Waals surface area contributed by atoms with Crippen LogP contribution in [0.4, 0.5) is 0 Å². The Hall–Kier alpha value is -1.01. The van der Waals surface area contributed by atoms with Crippen LogP contribution >= 0.6 is 22.6 Å². The van der Waals surface area contributed by atoms with Crippen LogP contribution in [0.1, 0.15) is 12.0 Å². The number of halogens is 1. The van der Waals surface area contributed by atoms with E-state index in [0.29, 0.717) is 0 Å². The van der Waals surface area contributed by atoms with E-state index in [1.807, 2.05) is 12.2 Å². The van der Waals surface area contributed by atoms with Gasteiger partial charge in [0.2, 0.25) is 0 Å². The molecule has 0 fully saturated rings. The van der Waals surface area contributed by atoms with Gasteiger partial charge in [0, 0.05) is 3.57 Å². The van der Waals surface area contributed by atoms with Gasteiger partial charge in [0.25, 0.3) is 0 Å². The van der Waals surface area contributed by atoms with Gasteiger partial charge in [0.05, 0.1) is 5.41 Å². The van der Waals surface area contributed by atoms with Gasteiger partial charge in [-0.2, -0.15) is 0 Å². The third-order valence-corrected chi connectivity index (χ3v) is 3.40. The van der Waals surface area contributed by atoms with Crippen LogP contribution in [0.2, 0.25) is 0 Å². The first-order chi connectivity index (χ1) is 7.27. The van der Waals surface area contributed by atoms with Crippen molar-refractivity contribution < 1.29 is 0 Å². The number of benzene rings is 1. The predicted octanol–water partition coefficient (Wildman–Crippen LogP) is 3.68. The summed E-state index contributed by atoms with van der Waals surface area (Å²) >= 11 is 2.30. The van der Waals surface area contributed by atoms with Gasteiger partial charge in [0.15, 0.2) is 0 Å². The molecule has 1 aliphatic rings. The van der Waals surface area contributed by atoms with Gasteiger partial charge in [0.1, 0.15) is 0 Å². The van der Waals surface area contributed by atoms with Crippen LogP contribution in [0.5, 0.6) is 0 Å². The minimum Gasteiger partial charge on any atom is -0.119 e. The molecule has 15 heavy (non-hydrogen) atoms. The first-order valence-corrected chi connectivity index (χ1v) is 5.93. The Balaban J connectivity index is 2.44. The van der Waals surface area contributed by atoms with E-state index < -0.39 is 0 Å². The van der Waals surface area contributed by atoms with Crippen molar-refractivity contribution >= 4 is 22.6 Å². The fourth-order valence-electron chi connectivity index (χ4n) is 1.77. The normalized spacial score (nSPS) is 23.7. The first kappa shape index (κ1) is 10.5. The topological polar surface area (TPSA) is 0 Å². The van der Waals surface area contributed by atoms with Gasteiger partial charge in [-0.1, -0.05) is 42.4 Å². The molecule has 0 spiro atoms. The molecule has 2 rings (SSSR count). The molecular weight excluding hydrogens is 295 g/mol. The first-order valence-electron chi connectivity index (χ1n) is 4.85. The lowest BCUT2D eigenvalue weighted by atomic mass is 9.76. The summed E-state index contributed by atoms with van der Waals surface area (Å²) in [5.41, 5.74) is 0.963. The van der Waals surface area contributed by atoms with Crippen LogP contribution in [0, 0.1) is 15.9 Å². The molecule has 0 saturated carbocycles. The van der Waals surface area contributed by atoms with Crippen LogP contribution in [-0.4, -0.2) is 0 Å². The van der Waals surface area contributed by atoms with Crippen LogP contribution in [0.15, 0.2) is 48.6 Å².